The van der Waals surface area contributed by atoms with Crippen LogP contribution >= 0.6 is 11.6 Å². The Morgan fingerprint density at radius 1 is 1.41 bits per heavy atom. The van der Waals surface area contributed by atoms with E-state index in [4.69, 9.17) is 11.6 Å². The predicted octanol–water partition coefficient (Wildman–Crippen LogP) is 1.83. The lowest BCUT2D eigenvalue weighted by molar-refractivity contribution is 0.138. The zero-order valence-corrected chi connectivity index (χ0v) is 10.5. The van der Waals surface area contributed by atoms with E-state index in [1.54, 1.807) is 6.07 Å². The van der Waals surface area contributed by atoms with E-state index in [0.717, 1.165) is 31.6 Å². The van der Waals surface area contributed by atoms with Crippen LogP contribution < -0.4 is 0 Å². The first-order valence-corrected chi connectivity index (χ1v) is 6.37. The van der Waals surface area contributed by atoms with Gasteiger partial charge in [-0.1, -0.05) is 29.8 Å². The maximum Gasteiger partial charge on any atom is 0.0816 e. The molecule has 1 saturated heterocycles. The highest BCUT2D eigenvalue weighted by atomic mass is 35.5. The van der Waals surface area contributed by atoms with Crippen molar-refractivity contribution in [3.8, 4) is 0 Å². The molecule has 3 nitrogen and oxygen atoms in total. The van der Waals surface area contributed by atoms with E-state index in [9.17, 15) is 10.2 Å². The minimum atomic E-state index is -0.526. The predicted molar refractivity (Wildman–Crippen MR) is 68.1 cm³/mol. The molecular weight excluding hydrogens is 238 g/mol. The van der Waals surface area contributed by atoms with Crippen LogP contribution in [0.1, 0.15) is 24.5 Å². The van der Waals surface area contributed by atoms with Crippen molar-refractivity contribution in [1.29, 1.82) is 0 Å². The van der Waals surface area contributed by atoms with Gasteiger partial charge in [-0.2, -0.15) is 0 Å². The Labute approximate surface area is 107 Å². The zero-order valence-electron chi connectivity index (χ0n) is 9.72. The van der Waals surface area contributed by atoms with Crippen molar-refractivity contribution >= 4 is 11.6 Å². The molecule has 1 aliphatic heterocycles. The number of hydrogen-bond acceptors (Lipinski definition) is 3. The second-order valence-electron chi connectivity index (χ2n) is 4.57. The molecule has 1 heterocycles. The molecule has 0 aromatic heterocycles. The van der Waals surface area contributed by atoms with Crippen LogP contribution in [-0.4, -0.2) is 40.9 Å². The summed E-state index contributed by atoms with van der Waals surface area (Å²) in [7, 11) is 0. The smallest absolute Gasteiger partial charge is 0.0816 e. The summed E-state index contributed by atoms with van der Waals surface area (Å²) in [6.07, 6.45) is 0.757. The average Bonchev–Trinajstić information content (AvgIpc) is 2.73. The SMILES string of the molecule is OC1CCN(CCC(O)c2ccccc2Cl)C1. The van der Waals surface area contributed by atoms with Crippen molar-refractivity contribution in [2.75, 3.05) is 19.6 Å². The fourth-order valence-corrected chi connectivity index (χ4v) is 2.48. The van der Waals surface area contributed by atoms with Gasteiger partial charge in [0.15, 0.2) is 0 Å². The first kappa shape index (κ1) is 12.8. The Bertz CT molecular complexity index is 372. The summed E-state index contributed by atoms with van der Waals surface area (Å²) in [6, 6.07) is 7.38. The molecule has 1 aromatic rings. The molecule has 2 rings (SSSR count). The van der Waals surface area contributed by atoms with Crippen molar-refractivity contribution in [2.24, 2.45) is 0 Å². The van der Waals surface area contributed by atoms with Gasteiger partial charge in [-0.25, -0.2) is 0 Å². The maximum absolute atomic E-state index is 10.1. The van der Waals surface area contributed by atoms with E-state index in [-0.39, 0.29) is 6.10 Å². The molecule has 2 unspecified atom stereocenters. The van der Waals surface area contributed by atoms with E-state index < -0.39 is 6.10 Å². The minimum Gasteiger partial charge on any atom is -0.392 e. The summed E-state index contributed by atoms with van der Waals surface area (Å²) in [6.45, 7) is 2.43. The second-order valence-corrected chi connectivity index (χ2v) is 4.98. The fraction of sp³-hybridized carbons (Fsp3) is 0.538. The van der Waals surface area contributed by atoms with Crippen molar-refractivity contribution in [3.63, 3.8) is 0 Å². The number of rotatable bonds is 4. The third-order valence-electron chi connectivity index (χ3n) is 3.23. The molecule has 1 aliphatic rings. The number of likely N-dealkylation sites (tertiary alicyclic amines) is 1. The van der Waals surface area contributed by atoms with Crippen LogP contribution in [-0.2, 0) is 0 Å². The van der Waals surface area contributed by atoms with Crippen molar-refractivity contribution in [1.82, 2.24) is 4.90 Å². The molecule has 0 saturated carbocycles. The van der Waals surface area contributed by atoms with Gasteiger partial charge in [-0.05, 0) is 24.5 Å². The van der Waals surface area contributed by atoms with Gasteiger partial charge in [0, 0.05) is 24.7 Å². The van der Waals surface area contributed by atoms with Gasteiger partial charge < -0.3 is 15.1 Å². The normalized spacial score (nSPS) is 22.9. The third kappa shape index (κ3) is 3.42. The molecule has 0 amide bonds. The van der Waals surface area contributed by atoms with E-state index in [2.05, 4.69) is 4.90 Å². The lowest BCUT2D eigenvalue weighted by atomic mass is 10.1. The molecule has 2 N–H and O–H groups in total. The van der Waals surface area contributed by atoms with Crippen LogP contribution in [0.15, 0.2) is 24.3 Å². The number of aliphatic hydroxyl groups excluding tert-OH is 2. The van der Waals surface area contributed by atoms with Gasteiger partial charge in [-0.15, -0.1) is 0 Å². The Balaban J connectivity index is 1.85. The van der Waals surface area contributed by atoms with Gasteiger partial charge in [0.2, 0.25) is 0 Å². The Hall–Kier alpha value is -0.610. The lowest BCUT2D eigenvalue weighted by Crippen LogP contribution is -2.24. The summed E-state index contributed by atoms with van der Waals surface area (Å²) in [5, 5.41) is 20.1. The Morgan fingerprint density at radius 2 is 2.18 bits per heavy atom. The maximum atomic E-state index is 10.1. The highest BCUT2D eigenvalue weighted by molar-refractivity contribution is 6.31. The molecule has 1 fully saturated rings. The molecule has 0 spiro atoms. The van der Waals surface area contributed by atoms with Crippen LogP contribution in [0.3, 0.4) is 0 Å². The van der Waals surface area contributed by atoms with Crippen LogP contribution in [0.4, 0.5) is 0 Å². The standard InChI is InChI=1S/C13H18ClNO2/c14-12-4-2-1-3-11(12)13(17)6-8-15-7-5-10(16)9-15/h1-4,10,13,16-17H,5-9H2. The van der Waals surface area contributed by atoms with E-state index in [0.29, 0.717) is 11.4 Å². The first-order chi connectivity index (χ1) is 8.16. The first-order valence-electron chi connectivity index (χ1n) is 5.99. The van der Waals surface area contributed by atoms with Gasteiger partial charge in [0.25, 0.3) is 0 Å². The van der Waals surface area contributed by atoms with E-state index in [1.807, 2.05) is 18.2 Å². The van der Waals surface area contributed by atoms with Crippen molar-refractivity contribution < 1.29 is 10.2 Å². The quantitative estimate of drug-likeness (QED) is 0.863. The molecule has 1 aromatic carbocycles. The summed E-state index contributed by atoms with van der Waals surface area (Å²) in [5.41, 5.74) is 0.786. The second kappa shape index (κ2) is 5.83. The minimum absolute atomic E-state index is 0.201. The van der Waals surface area contributed by atoms with Crippen molar-refractivity contribution in [3.05, 3.63) is 34.9 Å². The summed E-state index contributed by atoms with van der Waals surface area (Å²) >= 11 is 6.02. The molecular formula is C13H18ClNO2. The van der Waals surface area contributed by atoms with E-state index in [1.165, 1.54) is 0 Å². The molecule has 0 bridgehead atoms. The number of benzene rings is 1. The van der Waals surface area contributed by atoms with Crippen LogP contribution in [0.2, 0.25) is 5.02 Å². The molecule has 17 heavy (non-hydrogen) atoms. The highest BCUT2D eigenvalue weighted by Crippen LogP contribution is 2.25. The van der Waals surface area contributed by atoms with Crippen LogP contribution in [0, 0.1) is 0 Å². The van der Waals surface area contributed by atoms with Crippen LogP contribution in [0.25, 0.3) is 0 Å². The molecule has 2 atom stereocenters. The fourth-order valence-electron chi connectivity index (χ4n) is 2.22. The number of hydrogen-bond donors (Lipinski definition) is 2. The largest absolute Gasteiger partial charge is 0.392 e. The van der Waals surface area contributed by atoms with Gasteiger partial charge in [-0.3, -0.25) is 0 Å². The van der Waals surface area contributed by atoms with E-state index >= 15 is 0 Å². The number of aliphatic hydroxyl groups is 2. The number of nitrogens with zero attached hydrogens (tertiary/aromatic N) is 1. The number of β-amino-alcohol motifs (C(OH)–C–C–N with tert-alkyl or cyclic N) is 1. The molecule has 4 heteroatoms. The van der Waals surface area contributed by atoms with Gasteiger partial charge in [0.1, 0.15) is 0 Å². The van der Waals surface area contributed by atoms with Gasteiger partial charge >= 0.3 is 0 Å². The van der Waals surface area contributed by atoms with Gasteiger partial charge in [0.05, 0.1) is 12.2 Å². The summed E-state index contributed by atoms with van der Waals surface area (Å²) in [4.78, 5) is 2.17. The third-order valence-corrected chi connectivity index (χ3v) is 3.57. The Morgan fingerprint density at radius 3 is 2.82 bits per heavy atom. The molecule has 0 aliphatic carbocycles. The zero-order chi connectivity index (χ0) is 12.3. The topological polar surface area (TPSA) is 43.7 Å². The highest BCUT2D eigenvalue weighted by Gasteiger charge is 2.21. The number of halogens is 1. The monoisotopic (exact) mass is 255 g/mol. The lowest BCUT2D eigenvalue weighted by Gasteiger charge is -2.18. The molecule has 0 radical (unpaired) electrons. The molecule has 94 valence electrons. The summed E-state index contributed by atoms with van der Waals surface area (Å²) < 4.78 is 0. The summed E-state index contributed by atoms with van der Waals surface area (Å²) in [5.74, 6) is 0. The average molecular weight is 256 g/mol. The Kier molecular flexibility index (Phi) is 4.40. The van der Waals surface area contributed by atoms with Crippen LogP contribution in [0.5, 0.6) is 0 Å². The van der Waals surface area contributed by atoms with Crippen molar-refractivity contribution in [2.45, 2.75) is 25.0 Å².